The van der Waals surface area contributed by atoms with Gasteiger partial charge in [0.1, 0.15) is 5.75 Å². The lowest BCUT2D eigenvalue weighted by Gasteiger charge is -2.14. The molecule has 9 heteroatoms. The van der Waals surface area contributed by atoms with Crippen LogP contribution in [0, 0.1) is 0 Å². The first kappa shape index (κ1) is 20.5. The summed E-state index contributed by atoms with van der Waals surface area (Å²) in [5.74, 6) is -0.335. The summed E-state index contributed by atoms with van der Waals surface area (Å²) >= 11 is 0. The van der Waals surface area contributed by atoms with Gasteiger partial charge in [-0.2, -0.15) is 0 Å². The second-order valence-corrected chi connectivity index (χ2v) is 8.20. The largest absolute Gasteiger partial charge is 0.508 e. The number of carboxylic acids is 1. The van der Waals surface area contributed by atoms with Crippen LogP contribution in [0.4, 0.5) is 0 Å². The van der Waals surface area contributed by atoms with Gasteiger partial charge in [-0.1, -0.05) is 6.08 Å². The number of rotatable bonds is 8. The Kier molecular flexibility index (Phi) is 6.62. The molecule has 0 radical (unpaired) electrons. The molecule has 4 N–H and O–H groups in total. The van der Waals surface area contributed by atoms with Crippen LogP contribution in [-0.2, 0) is 21.1 Å². The van der Waals surface area contributed by atoms with Crippen LogP contribution >= 0.6 is 0 Å². The number of aliphatic carboxylic acids is 1. The molecule has 2 aromatic rings. The monoisotopic (exact) mass is 393 g/mol. The lowest BCUT2D eigenvalue weighted by molar-refractivity contribution is -0.137. The van der Waals surface area contributed by atoms with Gasteiger partial charge in [-0.05, 0) is 37.1 Å². The van der Waals surface area contributed by atoms with Crippen molar-refractivity contribution in [2.75, 3.05) is 12.8 Å². The minimum atomic E-state index is -3.34. The van der Waals surface area contributed by atoms with Gasteiger partial charge in [0.05, 0.1) is 18.3 Å². The van der Waals surface area contributed by atoms with Gasteiger partial charge in [0.25, 0.3) is 0 Å². The first-order valence-electron chi connectivity index (χ1n) is 8.30. The number of aromatic nitrogens is 1. The molecule has 146 valence electrons. The fourth-order valence-electron chi connectivity index (χ4n) is 2.62. The summed E-state index contributed by atoms with van der Waals surface area (Å²) in [6.07, 6.45) is 4.59. The fourth-order valence-corrected chi connectivity index (χ4v) is 3.10. The molecule has 1 heterocycles. The summed E-state index contributed by atoms with van der Waals surface area (Å²) in [6.45, 7) is 2.15. The highest BCUT2D eigenvalue weighted by atomic mass is 32.2. The van der Waals surface area contributed by atoms with Gasteiger partial charge in [0, 0.05) is 35.3 Å². The van der Waals surface area contributed by atoms with Crippen molar-refractivity contribution < 1.29 is 23.4 Å². The smallest absolute Gasteiger partial charge is 0.305 e. The van der Waals surface area contributed by atoms with E-state index in [0.717, 1.165) is 28.1 Å². The zero-order valence-corrected chi connectivity index (χ0v) is 16.0. The van der Waals surface area contributed by atoms with Crippen LogP contribution in [0.1, 0.15) is 18.9 Å². The van der Waals surface area contributed by atoms with Gasteiger partial charge in [0.15, 0.2) is 9.84 Å². The molecule has 1 aromatic carbocycles. The van der Waals surface area contributed by atoms with E-state index in [9.17, 15) is 18.3 Å². The maximum absolute atomic E-state index is 11.2. The number of nitrogens with zero attached hydrogens (tertiary/aromatic N) is 1. The van der Waals surface area contributed by atoms with E-state index in [-0.39, 0.29) is 12.2 Å². The Bertz CT molecular complexity index is 976. The number of nitrogens with one attached hydrogen (secondary N) is 2. The van der Waals surface area contributed by atoms with E-state index in [1.54, 1.807) is 25.1 Å². The molecular weight excluding hydrogens is 370 g/mol. The topological polar surface area (TPSA) is 132 Å². The van der Waals surface area contributed by atoms with Gasteiger partial charge < -0.3 is 20.5 Å². The number of aromatic hydroxyl groups is 1. The van der Waals surface area contributed by atoms with Crippen LogP contribution in [0.3, 0.4) is 0 Å². The average Bonchev–Trinajstić information content (AvgIpc) is 2.94. The number of amidine groups is 1. The number of carboxylic acid groups (broad SMARTS) is 1. The number of phenolic OH excluding ortho intramolecular Hbond substituents is 1. The van der Waals surface area contributed by atoms with E-state index in [1.165, 1.54) is 6.08 Å². The van der Waals surface area contributed by atoms with Crippen molar-refractivity contribution in [2.45, 2.75) is 25.8 Å². The molecule has 1 unspecified atom stereocenters. The lowest BCUT2D eigenvalue weighted by atomic mass is 10.1. The molecule has 0 saturated heterocycles. The number of carbonyl (C=O) groups is 1. The van der Waals surface area contributed by atoms with Crippen molar-refractivity contribution in [1.82, 2.24) is 10.3 Å². The SMILES string of the molecule is CC(=NCCc1c[nH]c2ccc(O)cc12)NC(/C=C/S(C)(=O)=O)CC(=O)O. The van der Waals surface area contributed by atoms with Crippen LogP contribution < -0.4 is 5.32 Å². The number of hydrogen-bond donors (Lipinski definition) is 4. The zero-order chi connectivity index (χ0) is 20.0. The van der Waals surface area contributed by atoms with Crippen molar-refractivity contribution in [3.8, 4) is 5.75 Å². The molecule has 1 atom stereocenters. The molecule has 2 rings (SSSR count). The summed E-state index contributed by atoms with van der Waals surface area (Å²) in [4.78, 5) is 18.5. The molecule has 0 saturated carbocycles. The number of aliphatic imine (C=N–C) groups is 1. The van der Waals surface area contributed by atoms with Crippen molar-refractivity contribution in [3.63, 3.8) is 0 Å². The van der Waals surface area contributed by atoms with E-state index in [1.807, 2.05) is 6.20 Å². The highest BCUT2D eigenvalue weighted by Gasteiger charge is 2.11. The van der Waals surface area contributed by atoms with Crippen molar-refractivity contribution in [1.29, 1.82) is 0 Å². The molecule has 0 amide bonds. The van der Waals surface area contributed by atoms with Crippen LogP contribution in [0.25, 0.3) is 10.9 Å². The fraction of sp³-hybridized carbons (Fsp3) is 0.333. The van der Waals surface area contributed by atoms with Crippen molar-refractivity contribution >= 4 is 32.5 Å². The van der Waals surface area contributed by atoms with E-state index in [0.29, 0.717) is 18.8 Å². The first-order valence-corrected chi connectivity index (χ1v) is 10.3. The van der Waals surface area contributed by atoms with Gasteiger partial charge in [-0.15, -0.1) is 0 Å². The van der Waals surface area contributed by atoms with Crippen LogP contribution in [0.2, 0.25) is 0 Å². The van der Waals surface area contributed by atoms with Gasteiger partial charge in [-0.3, -0.25) is 9.79 Å². The molecule has 1 aromatic heterocycles. The van der Waals surface area contributed by atoms with Gasteiger partial charge in [0.2, 0.25) is 0 Å². The maximum atomic E-state index is 11.2. The van der Waals surface area contributed by atoms with Crippen LogP contribution in [-0.4, -0.2) is 54.3 Å². The number of hydrogen-bond acceptors (Lipinski definition) is 5. The molecule has 0 fully saturated rings. The van der Waals surface area contributed by atoms with Gasteiger partial charge >= 0.3 is 5.97 Å². The number of fused-ring (bicyclic) bond motifs is 1. The summed E-state index contributed by atoms with van der Waals surface area (Å²) in [5.41, 5.74) is 1.94. The third-order valence-corrected chi connectivity index (χ3v) is 4.48. The molecule has 0 aliphatic heterocycles. The third-order valence-electron chi connectivity index (χ3n) is 3.83. The Balaban J connectivity index is 2.01. The normalized spacial score (nSPS) is 13.9. The second-order valence-electron chi connectivity index (χ2n) is 6.27. The summed E-state index contributed by atoms with van der Waals surface area (Å²) in [6, 6.07) is 4.43. The van der Waals surface area contributed by atoms with Crippen LogP contribution in [0.15, 0.2) is 40.9 Å². The Morgan fingerprint density at radius 1 is 1.41 bits per heavy atom. The highest BCUT2D eigenvalue weighted by Crippen LogP contribution is 2.23. The maximum Gasteiger partial charge on any atom is 0.305 e. The Morgan fingerprint density at radius 3 is 2.81 bits per heavy atom. The van der Waals surface area contributed by atoms with E-state index in [4.69, 9.17) is 5.11 Å². The Labute approximate surface area is 157 Å². The van der Waals surface area contributed by atoms with Gasteiger partial charge in [-0.25, -0.2) is 8.42 Å². The summed E-state index contributed by atoms with van der Waals surface area (Å²) in [7, 11) is -3.34. The third kappa shape index (κ3) is 6.78. The Hall–Kier alpha value is -2.81. The molecule has 8 nitrogen and oxygen atoms in total. The lowest BCUT2D eigenvalue weighted by Crippen LogP contribution is -2.34. The van der Waals surface area contributed by atoms with E-state index >= 15 is 0 Å². The van der Waals surface area contributed by atoms with Crippen molar-refractivity contribution in [3.05, 3.63) is 41.4 Å². The molecular formula is C18H23N3O5S. The number of H-pyrrole nitrogens is 1. The predicted molar refractivity (Wildman–Crippen MR) is 105 cm³/mol. The highest BCUT2D eigenvalue weighted by molar-refractivity contribution is 7.93. The number of aromatic amines is 1. The van der Waals surface area contributed by atoms with E-state index in [2.05, 4.69) is 15.3 Å². The van der Waals surface area contributed by atoms with E-state index < -0.39 is 21.8 Å². The van der Waals surface area contributed by atoms with Crippen LogP contribution in [0.5, 0.6) is 5.75 Å². The summed E-state index contributed by atoms with van der Waals surface area (Å²) < 4.78 is 22.5. The zero-order valence-electron chi connectivity index (χ0n) is 15.1. The molecule has 0 spiro atoms. The number of phenols is 1. The minimum Gasteiger partial charge on any atom is -0.508 e. The first-order chi connectivity index (χ1) is 12.6. The molecule has 0 aliphatic carbocycles. The van der Waals surface area contributed by atoms with Crippen molar-refractivity contribution in [2.24, 2.45) is 4.99 Å². The number of benzene rings is 1. The molecule has 27 heavy (non-hydrogen) atoms. The Morgan fingerprint density at radius 2 is 2.15 bits per heavy atom. The second kappa shape index (κ2) is 8.72. The minimum absolute atomic E-state index is 0.193. The molecule has 0 bridgehead atoms. The summed E-state index contributed by atoms with van der Waals surface area (Å²) in [5, 5.41) is 23.4. The quantitative estimate of drug-likeness (QED) is 0.400. The standard InChI is InChI=1S/C18H23N3O5S/c1-12(21-14(9-18(23)24)6-8-27(2,25)26)19-7-5-13-11-20-17-4-3-15(22)10-16(13)17/h3-4,6,8,10-11,14,20,22H,5,7,9H2,1-2H3,(H,19,21)(H,23,24)/b8-6+. The molecule has 0 aliphatic rings. The predicted octanol–water partition coefficient (Wildman–Crippen LogP) is 1.83. The average molecular weight is 393 g/mol. The number of sulfone groups is 1.